The fourth-order valence-electron chi connectivity index (χ4n) is 0.511. The van der Waals surface area contributed by atoms with Gasteiger partial charge in [0.25, 0.3) is 0 Å². The first-order valence-electron chi connectivity index (χ1n) is 3.59. The summed E-state index contributed by atoms with van der Waals surface area (Å²) in [6.45, 7) is 2.00. The number of thiol groups is 1. The van der Waals surface area contributed by atoms with Gasteiger partial charge in [0.15, 0.2) is 0 Å². The Bertz CT molecular complexity index is 199. The Morgan fingerprint density at radius 3 is 2.83 bits per heavy atom. The molecule has 68 valence electrons. The average molecular weight is 187 g/mol. The molecule has 2 N–H and O–H groups in total. The summed E-state index contributed by atoms with van der Waals surface area (Å²) < 4.78 is 0. The Hall–Kier alpha value is -0.900. The van der Waals surface area contributed by atoms with Crippen LogP contribution in [0.15, 0.2) is 24.0 Å². The summed E-state index contributed by atoms with van der Waals surface area (Å²) in [5, 5.41) is 11.6. The number of nitrogens with one attached hydrogen (secondary N) is 1. The Morgan fingerprint density at radius 1 is 1.67 bits per heavy atom. The fraction of sp³-hybridized carbons (Fsp3) is 0.375. The molecule has 0 rings (SSSR count). The van der Waals surface area contributed by atoms with E-state index in [2.05, 4.69) is 17.9 Å². The first kappa shape index (κ1) is 11.1. The fourth-order valence-corrected chi connectivity index (χ4v) is 0.623. The van der Waals surface area contributed by atoms with Gasteiger partial charge in [-0.1, -0.05) is 12.2 Å². The van der Waals surface area contributed by atoms with E-state index in [1.165, 1.54) is 6.08 Å². The lowest BCUT2D eigenvalue weighted by molar-refractivity contribution is -0.118. The first-order chi connectivity index (χ1) is 5.70. The number of allylic oxidation sites excluding steroid dienone is 3. The van der Waals surface area contributed by atoms with Crippen LogP contribution in [-0.2, 0) is 4.79 Å². The number of aliphatic hydroxyl groups excluding tert-OH is 1. The molecule has 0 bridgehead atoms. The zero-order chi connectivity index (χ0) is 9.40. The Balaban J connectivity index is 3.70. The predicted molar refractivity (Wildman–Crippen MR) is 52.4 cm³/mol. The Kier molecular flexibility index (Phi) is 6.28. The minimum atomic E-state index is -0.196. The van der Waals surface area contributed by atoms with Crippen LogP contribution < -0.4 is 5.32 Å². The number of rotatable bonds is 4. The molecule has 0 aliphatic carbocycles. The van der Waals surface area contributed by atoms with Crippen molar-refractivity contribution in [2.45, 2.75) is 6.92 Å². The summed E-state index contributed by atoms with van der Waals surface area (Å²) in [6, 6.07) is 0. The lowest BCUT2D eigenvalue weighted by Crippen LogP contribution is -2.26. The molecule has 0 radical (unpaired) electrons. The van der Waals surface area contributed by atoms with Gasteiger partial charge in [-0.3, -0.25) is 4.79 Å². The van der Waals surface area contributed by atoms with Crippen LogP contribution in [0.4, 0.5) is 0 Å². The largest absolute Gasteiger partial charge is 0.510 e. The van der Waals surface area contributed by atoms with Crippen LogP contribution in [0.3, 0.4) is 0 Å². The zero-order valence-corrected chi connectivity index (χ0v) is 7.84. The van der Waals surface area contributed by atoms with Crippen molar-refractivity contribution in [2.24, 2.45) is 0 Å². The summed E-state index contributed by atoms with van der Waals surface area (Å²) in [6.07, 6.45) is 5.01. The van der Waals surface area contributed by atoms with E-state index in [0.29, 0.717) is 0 Å². The van der Waals surface area contributed by atoms with Crippen LogP contribution >= 0.6 is 12.6 Å². The molecule has 0 aliphatic rings. The molecule has 0 saturated carbocycles. The second-order valence-electron chi connectivity index (χ2n) is 2.12. The SMILES string of the molecule is C/C=C\C=C(/O)CNC(=O)CS. The van der Waals surface area contributed by atoms with Crippen molar-refractivity contribution in [1.29, 1.82) is 0 Å². The van der Waals surface area contributed by atoms with E-state index in [9.17, 15) is 4.79 Å². The maximum atomic E-state index is 10.6. The highest BCUT2D eigenvalue weighted by Crippen LogP contribution is 1.87. The molecule has 0 aliphatic heterocycles. The quantitative estimate of drug-likeness (QED) is 0.350. The molecule has 0 heterocycles. The lowest BCUT2D eigenvalue weighted by Gasteiger charge is -2.00. The third-order valence-electron chi connectivity index (χ3n) is 1.09. The third-order valence-corrected chi connectivity index (χ3v) is 1.38. The molecular weight excluding hydrogens is 174 g/mol. The maximum absolute atomic E-state index is 10.6. The van der Waals surface area contributed by atoms with Gasteiger partial charge < -0.3 is 10.4 Å². The Labute approximate surface area is 77.6 Å². The molecule has 12 heavy (non-hydrogen) atoms. The summed E-state index contributed by atoms with van der Waals surface area (Å²) in [7, 11) is 0. The molecule has 0 atom stereocenters. The molecule has 1 amide bonds. The molecule has 0 aromatic heterocycles. The predicted octanol–water partition coefficient (Wildman–Crippen LogP) is 1.05. The third kappa shape index (κ3) is 5.85. The summed E-state index contributed by atoms with van der Waals surface area (Å²) >= 11 is 3.76. The molecule has 0 unspecified atom stereocenters. The molecular formula is C8H13NO2S. The number of carbonyl (C=O) groups excluding carboxylic acids is 1. The molecule has 0 spiro atoms. The van der Waals surface area contributed by atoms with E-state index >= 15 is 0 Å². The molecule has 0 fully saturated rings. The number of aliphatic hydroxyl groups is 1. The van der Waals surface area contributed by atoms with Crippen molar-refractivity contribution >= 4 is 18.5 Å². The van der Waals surface area contributed by atoms with E-state index in [1.54, 1.807) is 12.2 Å². The van der Waals surface area contributed by atoms with Gasteiger partial charge in [-0.25, -0.2) is 0 Å². The van der Waals surface area contributed by atoms with E-state index in [1.807, 2.05) is 6.92 Å². The van der Waals surface area contributed by atoms with E-state index in [0.717, 1.165) is 0 Å². The van der Waals surface area contributed by atoms with Crippen LogP contribution in [-0.4, -0.2) is 23.3 Å². The van der Waals surface area contributed by atoms with Gasteiger partial charge in [-0.15, -0.1) is 0 Å². The van der Waals surface area contributed by atoms with Crippen molar-refractivity contribution in [3.8, 4) is 0 Å². The summed E-state index contributed by atoms with van der Waals surface area (Å²) in [5.41, 5.74) is 0. The number of hydrogen-bond donors (Lipinski definition) is 3. The van der Waals surface area contributed by atoms with Gasteiger partial charge >= 0.3 is 0 Å². The molecule has 3 nitrogen and oxygen atoms in total. The number of carbonyl (C=O) groups is 1. The smallest absolute Gasteiger partial charge is 0.230 e. The highest BCUT2D eigenvalue weighted by Gasteiger charge is 1.96. The van der Waals surface area contributed by atoms with Crippen molar-refractivity contribution in [2.75, 3.05) is 12.3 Å². The van der Waals surface area contributed by atoms with Gasteiger partial charge in [-0.05, 0) is 13.0 Å². The van der Waals surface area contributed by atoms with Gasteiger partial charge in [0.05, 0.1) is 12.3 Å². The highest BCUT2D eigenvalue weighted by molar-refractivity contribution is 7.81. The average Bonchev–Trinajstić information content (AvgIpc) is 2.10. The van der Waals surface area contributed by atoms with Crippen molar-refractivity contribution in [3.63, 3.8) is 0 Å². The minimum Gasteiger partial charge on any atom is -0.510 e. The van der Waals surface area contributed by atoms with Crippen molar-refractivity contribution in [3.05, 3.63) is 24.0 Å². The molecule has 0 aromatic carbocycles. The van der Waals surface area contributed by atoms with Crippen LogP contribution in [0.1, 0.15) is 6.92 Å². The second-order valence-corrected chi connectivity index (χ2v) is 2.43. The monoisotopic (exact) mass is 187 g/mol. The first-order valence-corrected chi connectivity index (χ1v) is 4.22. The van der Waals surface area contributed by atoms with Gasteiger partial charge in [-0.2, -0.15) is 12.6 Å². The van der Waals surface area contributed by atoms with Crippen LogP contribution in [0.25, 0.3) is 0 Å². The van der Waals surface area contributed by atoms with Crippen LogP contribution in [0.5, 0.6) is 0 Å². The van der Waals surface area contributed by atoms with Crippen molar-refractivity contribution < 1.29 is 9.90 Å². The zero-order valence-electron chi connectivity index (χ0n) is 6.95. The normalized spacial score (nSPS) is 12.0. The summed E-state index contributed by atoms with van der Waals surface area (Å²) in [4.78, 5) is 10.6. The topological polar surface area (TPSA) is 49.3 Å². The van der Waals surface area contributed by atoms with E-state index in [-0.39, 0.29) is 24.0 Å². The van der Waals surface area contributed by atoms with E-state index < -0.39 is 0 Å². The van der Waals surface area contributed by atoms with Crippen molar-refractivity contribution in [1.82, 2.24) is 5.32 Å². The maximum Gasteiger partial charge on any atom is 0.230 e. The molecule has 0 aromatic rings. The van der Waals surface area contributed by atoms with E-state index in [4.69, 9.17) is 5.11 Å². The summed E-state index contributed by atoms with van der Waals surface area (Å²) in [5.74, 6) is 0.0682. The van der Waals surface area contributed by atoms with Gasteiger partial charge in [0.2, 0.25) is 5.91 Å². The van der Waals surface area contributed by atoms with Gasteiger partial charge in [0.1, 0.15) is 5.76 Å². The Morgan fingerprint density at radius 2 is 2.33 bits per heavy atom. The number of hydrogen-bond acceptors (Lipinski definition) is 3. The second kappa shape index (κ2) is 6.79. The van der Waals surface area contributed by atoms with Crippen LogP contribution in [0, 0.1) is 0 Å². The minimum absolute atomic E-state index is 0.128. The number of amides is 1. The standard InChI is InChI=1S/C8H13NO2S/c1-2-3-4-7(10)5-9-8(11)6-12/h2-4,10,12H,5-6H2,1H3,(H,9,11)/b3-2-,7-4-. The highest BCUT2D eigenvalue weighted by atomic mass is 32.1. The molecule has 0 saturated heterocycles. The lowest BCUT2D eigenvalue weighted by atomic mass is 10.4. The molecule has 4 heteroatoms. The van der Waals surface area contributed by atoms with Gasteiger partial charge in [0, 0.05) is 0 Å². The van der Waals surface area contributed by atoms with Crippen LogP contribution in [0.2, 0.25) is 0 Å².